The molecule has 2 aromatic rings. The van der Waals surface area contributed by atoms with E-state index in [2.05, 4.69) is 4.72 Å². The fraction of sp³-hybridized carbons (Fsp3) is 0.278. The second-order valence-corrected chi connectivity index (χ2v) is 8.23. The number of rotatable bonds is 7. The Morgan fingerprint density at radius 2 is 1.88 bits per heavy atom. The summed E-state index contributed by atoms with van der Waals surface area (Å²) < 4.78 is 32.8. The van der Waals surface area contributed by atoms with Gasteiger partial charge in [-0.15, -0.1) is 0 Å². The Balaban J connectivity index is 2.56. The van der Waals surface area contributed by atoms with Crippen LogP contribution in [0.2, 0.25) is 5.02 Å². The van der Waals surface area contributed by atoms with E-state index in [-0.39, 0.29) is 10.9 Å². The van der Waals surface area contributed by atoms with Crippen molar-refractivity contribution in [3.05, 3.63) is 47.0 Å². The average Bonchev–Trinajstić information content (AvgIpc) is 2.52. The van der Waals surface area contributed by atoms with Crippen molar-refractivity contribution in [3.8, 4) is 16.9 Å². The van der Waals surface area contributed by atoms with Crippen molar-refractivity contribution in [2.75, 3.05) is 6.61 Å². The summed E-state index contributed by atoms with van der Waals surface area (Å²) in [6.07, 6.45) is 0. The molecule has 0 saturated heterocycles. The minimum absolute atomic E-state index is 0.107. The third-order valence-corrected chi connectivity index (χ3v) is 5.38. The van der Waals surface area contributed by atoms with Gasteiger partial charge in [0.2, 0.25) is 10.0 Å². The van der Waals surface area contributed by atoms with Crippen LogP contribution in [0, 0.1) is 6.92 Å². The predicted molar refractivity (Wildman–Crippen MR) is 100 cm³/mol. The van der Waals surface area contributed by atoms with E-state index < -0.39 is 22.6 Å². The van der Waals surface area contributed by atoms with Gasteiger partial charge in [-0.3, -0.25) is 0 Å². The Bertz CT molecular complexity index is 925. The smallest absolute Gasteiger partial charge is 0.341 e. The van der Waals surface area contributed by atoms with Gasteiger partial charge in [0.25, 0.3) is 0 Å². The van der Waals surface area contributed by atoms with Crippen LogP contribution in [0.15, 0.2) is 41.3 Å². The van der Waals surface area contributed by atoms with Crippen molar-refractivity contribution >= 4 is 27.6 Å². The fourth-order valence-electron chi connectivity index (χ4n) is 2.41. The zero-order chi connectivity index (χ0) is 19.5. The molecule has 0 heterocycles. The molecule has 0 aromatic heterocycles. The number of ether oxygens (including phenoxy) is 1. The Hall–Kier alpha value is -2.09. The lowest BCUT2D eigenvalue weighted by molar-refractivity contribution is -0.139. The summed E-state index contributed by atoms with van der Waals surface area (Å²) in [5.74, 6) is -0.800. The molecule has 2 aromatic carbocycles. The second kappa shape index (κ2) is 8.07. The molecule has 0 atom stereocenters. The highest BCUT2D eigenvalue weighted by Gasteiger charge is 2.19. The van der Waals surface area contributed by atoms with E-state index in [1.165, 1.54) is 12.1 Å². The van der Waals surface area contributed by atoms with Crippen LogP contribution in [0.25, 0.3) is 11.1 Å². The van der Waals surface area contributed by atoms with Crippen LogP contribution >= 0.6 is 11.6 Å². The lowest BCUT2D eigenvalue weighted by Gasteiger charge is -2.15. The SMILES string of the molecule is Cc1ccc(S(=O)(=O)NC(C)C)cc1-c1cc(Cl)ccc1OCC(=O)O. The van der Waals surface area contributed by atoms with Crippen molar-refractivity contribution in [1.29, 1.82) is 0 Å². The molecule has 2 N–H and O–H groups in total. The normalized spacial score (nSPS) is 11.6. The van der Waals surface area contributed by atoms with E-state index in [0.29, 0.717) is 21.9 Å². The highest BCUT2D eigenvalue weighted by molar-refractivity contribution is 7.89. The Kier molecular flexibility index (Phi) is 6.28. The topological polar surface area (TPSA) is 92.7 Å². The van der Waals surface area contributed by atoms with Gasteiger partial charge in [0.05, 0.1) is 4.90 Å². The lowest BCUT2D eigenvalue weighted by atomic mass is 10.00. The largest absolute Gasteiger partial charge is 0.481 e. The molecule has 0 aliphatic heterocycles. The predicted octanol–water partition coefficient (Wildman–Crippen LogP) is 3.47. The molecule has 0 spiro atoms. The maximum Gasteiger partial charge on any atom is 0.341 e. The first-order valence-electron chi connectivity index (χ1n) is 7.87. The number of carbonyl (C=O) groups is 1. The van der Waals surface area contributed by atoms with Crippen molar-refractivity contribution in [2.24, 2.45) is 0 Å². The van der Waals surface area contributed by atoms with E-state index in [1.807, 2.05) is 6.92 Å². The number of hydrogen-bond donors (Lipinski definition) is 2. The quantitative estimate of drug-likeness (QED) is 0.746. The Morgan fingerprint density at radius 3 is 2.50 bits per heavy atom. The van der Waals surface area contributed by atoms with Crippen LogP contribution in [0.1, 0.15) is 19.4 Å². The van der Waals surface area contributed by atoms with E-state index in [0.717, 1.165) is 5.56 Å². The minimum atomic E-state index is -3.67. The third-order valence-electron chi connectivity index (χ3n) is 3.49. The number of halogens is 1. The highest BCUT2D eigenvalue weighted by atomic mass is 35.5. The molecule has 0 fully saturated rings. The molecule has 0 aliphatic rings. The van der Waals surface area contributed by atoms with Crippen molar-refractivity contribution < 1.29 is 23.1 Å². The number of benzene rings is 2. The average molecular weight is 398 g/mol. The van der Waals surface area contributed by atoms with Gasteiger partial charge in [-0.25, -0.2) is 17.9 Å². The molecular weight excluding hydrogens is 378 g/mol. The van der Waals surface area contributed by atoms with E-state index >= 15 is 0 Å². The maximum atomic E-state index is 12.5. The standard InChI is InChI=1S/C18H20ClNO5S/c1-11(2)20-26(23,24)14-6-4-12(3)15(9-14)16-8-13(19)5-7-17(16)25-10-18(21)22/h4-9,11,20H,10H2,1-3H3,(H,21,22). The van der Waals surface area contributed by atoms with Crippen molar-refractivity contribution in [2.45, 2.75) is 31.7 Å². The number of aliphatic carboxylic acids is 1. The van der Waals surface area contributed by atoms with Crippen molar-refractivity contribution in [1.82, 2.24) is 4.72 Å². The van der Waals surface area contributed by atoms with Crippen LogP contribution in [-0.2, 0) is 14.8 Å². The number of hydrogen-bond acceptors (Lipinski definition) is 4. The van der Waals surface area contributed by atoms with Crippen LogP contribution in [0.4, 0.5) is 0 Å². The first kappa shape index (κ1) is 20.2. The molecule has 0 unspecified atom stereocenters. The zero-order valence-electron chi connectivity index (χ0n) is 14.6. The van der Waals surface area contributed by atoms with Crippen molar-refractivity contribution in [3.63, 3.8) is 0 Å². The molecule has 2 rings (SSSR count). The lowest BCUT2D eigenvalue weighted by Crippen LogP contribution is -2.30. The summed E-state index contributed by atoms with van der Waals surface area (Å²) >= 11 is 6.08. The van der Waals surface area contributed by atoms with E-state index in [1.54, 1.807) is 38.1 Å². The van der Waals surface area contributed by atoms with Gasteiger partial charge >= 0.3 is 5.97 Å². The van der Waals surface area contributed by atoms with Gasteiger partial charge in [-0.1, -0.05) is 17.7 Å². The molecule has 0 saturated carbocycles. The van der Waals surface area contributed by atoms with Crippen LogP contribution in [-0.4, -0.2) is 32.1 Å². The molecule has 6 nitrogen and oxygen atoms in total. The second-order valence-electron chi connectivity index (χ2n) is 6.08. The summed E-state index contributed by atoms with van der Waals surface area (Å²) in [5.41, 5.74) is 1.92. The molecule has 0 radical (unpaired) electrons. The van der Waals surface area contributed by atoms with E-state index in [9.17, 15) is 13.2 Å². The summed E-state index contributed by atoms with van der Waals surface area (Å²) in [6.45, 7) is 4.78. The fourth-order valence-corrected chi connectivity index (χ4v) is 3.86. The molecule has 0 aliphatic carbocycles. The Morgan fingerprint density at radius 1 is 1.19 bits per heavy atom. The minimum Gasteiger partial charge on any atom is -0.481 e. The summed E-state index contributed by atoms with van der Waals surface area (Å²) in [6, 6.07) is 9.25. The third kappa shape index (κ3) is 4.97. The summed E-state index contributed by atoms with van der Waals surface area (Å²) in [5, 5.41) is 9.27. The summed E-state index contributed by atoms with van der Waals surface area (Å²) in [7, 11) is -3.67. The molecule has 140 valence electrons. The first-order chi connectivity index (χ1) is 12.1. The molecule has 0 bridgehead atoms. The number of aryl methyl sites for hydroxylation is 1. The van der Waals surface area contributed by atoms with Crippen LogP contribution in [0.5, 0.6) is 5.75 Å². The molecule has 8 heteroatoms. The number of carboxylic acids is 1. The van der Waals surface area contributed by atoms with Gasteiger partial charge in [-0.2, -0.15) is 0 Å². The molecular formula is C18H20ClNO5S. The number of carboxylic acid groups (broad SMARTS) is 1. The van der Waals surface area contributed by atoms with Crippen LogP contribution in [0.3, 0.4) is 0 Å². The Labute approximate surface area is 157 Å². The van der Waals surface area contributed by atoms with Gasteiger partial charge < -0.3 is 9.84 Å². The van der Waals surface area contributed by atoms with Crippen LogP contribution < -0.4 is 9.46 Å². The monoisotopic (exact) mass is 397 g/mol. The zero-order valence-corrected chi connectivity index (χ0v) is 16.2. The molecule has 26 heavy (non-hydrogen) atoms. The number of nitrogens with one attached hydrogen (secondary N) is 1. The number of sulfonamides is 1. The highest BCUT2D eigenvalue weighted by Crippen LogP contribution is 2.35. The first-order valence-corrected chi connectivity index (χ1v) is 9.74. The van der Waals surface area contributed by atoms with E-state index in [4.69, 9.17) is 21.4 Å². The van der Waals surface area contributed by atoms with Gasteiger partial charge in [0, 0.05) is 16.6 Å². The summed E-state index contributed by atoms with van der Waals surface area (Å²) in [4.78, 5) is 10.9. The van der Waals surface area contributed by atoms with Gasteiger partial charge in [0.15, 0.2) is 6.61 Å². The van der Waals surface area contributed by atoms with Gasteiger partial charge in [-0.05, 0) is 62.2 Å². The molecule has 0 amide bonds. The maximum absolute atomic E-state index is 12.5. The van der Waals surface area contributed by atoms with Gasteiger partial charge in [0.1, 0.15) is 5.75 Å².